The molecule has 0 aliphatic carbocycles. The molecule has 1 aromatic carbocycles. The van der Waals surface area contributed by atoms with Crippen molar-refractivity contribution in [2.45, 2.75) is 26.4 Å². The number of rotatable bonds is 7. The van der Waals surface area contributed by atoms with Crippen molar-refractivity contribution in [1.82, 2.24) is 9.88 Å². The number of carbonyl (C=O) groups is 2. The largest absolute Gasteiger partial charge is 0.497 e. The molecule has 0 fully saturated rings. The summed E-state index contributed by atoms with van der Waals surface area (Å²) in [4.78, 5) is 30.5. The van der Waals surface area contributed by atoms with Crippen LogP contribution < -0.4 is 9.47 Å². The lowest BCUT2D eigenvalue weighted by Gasteiger charge is -2.26. The van der Waals surface area contributed by atoms with E-state index in [1.54, 1.807) is 35.6 Å². The van der Waals surface area contributed by atoms with Crippen LogP contribution >= 0.6 is 11.3 Å². The predicted molar refractivity (Wildman–Crippen MR) is 98.0 cm³/mol. The van der Waals surface area contributed by atoms with Crippen LogP contribution in [-0.4, -0.2) is 49.1 Å². The second-order valence-electron chi connectivity index (χ2n) is 5.71. The van der Waals surface area contributed by atoms with Crippen molar-refractivity contribution in [3.05, 3.63) is 39.8 Å². The first-order chi connectivity index (χ1) is 12.4. The highest BCUT2D eigenvalue weighted by Crippen LogP contribution is 2.27. The number of hydrogen-bond acceptors (Lipinski definition) is 7. The Kier molecular flexibility index (Phi) is 6.57. The van der Waals surface area contributed by atoms with Crippen molar-refractivity contribution in [1.29, 1.82) is 0 Å². The second kappa shape index (κ2) is 8.66. The third-order valence-corrected chi connectivity index (χ3v) is 4.61. The molecule has 0 bridgehead atoms. The molecule has 26 heavy (non-hydrogen) atoms. The molecule has 0 spiro atoms. The summed E-state index contributed by atoms with van der Waals surface area (Å²) < 4.78 is 15.2. The molecule has 140 valence electrons. The highest BCUT2D eigenvalue weighted by molar-refractivity contribution is 7.09. The minimum absolute atomic E-state index is 0.0696. The van der Waals surface area contributed by atoms with Crippen LogP contribution in [0.3, 0.4) is 0 Å². The van der Waals surface area contributed by atoms with Gasteiger partial charge in [-0.1, -0.05) is 0 Å². The molecule has 0 atom stereocenters. The summed E-state index contributed by atoms with van der Waals surface area (Å²) in [7, 11) is 4.37. The third kappa shape index (κ3) is 4.32. The number of methoxy groups -OCH3 is 3. The standard InChI is InChI=1S/C18H22N2O5S/c1-11(2)20(9-16-19-14(10-26-16)18(22)25-5)17(21)13-7-6-12(23-3)8-15(13)24-4/h6-8,10-11H,9H2,1-5H3. The van der Waals surface area contributed by atoms with E-state index in [-0.39, 0.29) is 24.2 Å². The Balaban J connectivity index is 2.28. The Bertz CT molecular complexity index is 788. The molecule has 0 unspecified atom stereocenters. The van der Waals surface area contributed by atoms with Crippen LogP contribution in [0.2, 0.25) is 0 Å². The first-order valence-corrected chi connectivity index (χ1v) is 8.85. The fourth-order valence-electron chi connectivity index (χ4n) is 2.35. The zero-order chi connectivity index (χ0) is 19.3. The Hall–Kier alpha value is -2.61. The number of nitrogens with zero attached hydrogens (tertiary/aromatic N) is 2. The minimum Gasteiger partial charge on any atom is -0.497 e. The van der Waals surface area contributed by atoms with Crippen LogP contribution in [0, 0.1) is 0 Å². The average molecular weight is 378 g/mol. The molecule has 0 saturated carbocycles. The number of thiazole rings is 1. The Labute approximate surface area is 156 Å². The van der Waals surface area contributed by atoms with Crippen LogP contribution in [0.25, 0.3) is 0 Å². The molecule has 8 heteroatoms. The molecule has 0 aliphatic heterocycles. The summed E-state index contributed by atoms with van der Waals surface area (Å²) in [6, 6.07) is 4.99. The van der Waals surface area contributed by atoms with E-state index in [1.165, 1.54) is 25.6 Å². The molecule has 1 amide bonds. The minimum atomic E-state index is -0.494. The van der Waals surface area contributed by atoms with Crippen LogP contribution in [0.1, 0.15) is 39.7 Å². The van der Waals surface area contributed by atoms with Gasteiger partial charge < -0.3 is 19.1 Å². The number of ether oxygens (including phenoxy) is 3. The van der Waals surface area contributed by atoms with Gasteiger partial charge in [-0.25, -0.2) is 9.78 Å². The molecule has 1 heterocycles. The fraction of sp³-hybridized carbons (Fsp3) is 0.389. The lowest BCUT2D eigenvalue weighted by Crippen LogP contribution is -2.36. The van der Waals surface area contributed by atoms with E-state index < -0.39 is 5.97 Å². The SMILES string of the molecule is COC(=O)c1csc(CN(C(=O)c2ccc(OC)cc2OC)C(C)C)n1. The van der Waals surface area contributed by atoms with E-state index in [4.69, 9.17) is 9.47 Å². The monoisotopic (exact) mass is 378 g/mol. The summed E-state index contributed by atoms with van der Waals surface area (Å²) in [5, 5.41) is 2.28. The highest BCUT2D eigenvalue weighted by atomic mass is 32.1. The van der Waals surface area contributed by atoms with Crippen molar-refractivity contribution < 1.29 is 23.8 Å². The second-order valence-corrected chi connectivity index (χ2v) is 6.65. The van der Waals surface area contributed by atoms with E-state index in [0.29, 0.717) is 22.1 Å². The van der Waals surface area contributed by atoms with E-state index in [0.717, 1.165) is 0 Å². The Morgan fingerprint density at radius 2 is 1.92 bits per heavy atom. The van der Waals surface area contributed by atoms with Crippen molar-refractivity contribution in [3.8, 4) is 11.5 Å². The molecular formula is C18H22N2O5S. The van der Waals surface area contributed by atoms with Crippen molar-refractivity contribution >= 4 is 23.2 Å². The topological polar surface area (TPSA) is 78.0 Å². The third-order valence-electron chi connectivity index (χ3n) is 3.78. The van der Waals surface area contributed by atoms with Gasteiger partial charge in [0.1, 0.15) is 16.5 Å². The first-order valence-electron chi connectivity index (χ1n) is 7.97. The maximum Gasteiger partial charge on any atom is 0.357 e. The van der Waals surface area contributed by atoms with Gasteiger partial charge in [-0.05, 0) is 26.0 Å². The number of esters is 1. The van der Waals surface area contributed by atoms with Crippen LogP contribution in [0.5, 0.6) is 11.5 Å². The van der Waals surface area contributed by atoms with Gasteiger partial charge in [0, 0.05) is 17.5 Å². The predicted octanol–water partition coefficient (Wildman–Crippen LogP) is 3.00. The molecule has 2 rings (SSSR count). The molecule has 2 aromatic rings. The maximum absolute atomic E-state index is 13.1. The average Bonchev–Trinajstić information content (AvgIpc) is 3.12. The summed E-state index contributed by atoms with van der Waals surface area (Å²) >= 11 is 1.31. The van der Waals surface area contributed by atoms with Gasteiger partial charge in [-0.2, -0.15) is 0 Å². The zero-order valence-corrected chi connectivity index (χ0v) is 16.3. The van der Waals surface area contributed by atoms with Crippen molar-refractivity contribution in [2.24, 2.45) is 0 Å². The lowest BCUT2D eigenvalue weighted by molar-refractivity contribution is 0.0594. The van der Waals surface area contributed by atoms with Crippen molar-refractivity contribution in [2.75, 3.05) is 21.3 Å². The Morgan fingerprint density at radius 3 is 2.50 bits per heavy atom. The molecule has 0 N–H and O–H groups in total. The van der Waals surface area contributed by atoms with Gasteiger partial charge in [0.2, 0.25) is 0 Å². The number of benzene rings is 1. The lowest BCUT2D eigenvalue weighted by atomic mass is 10.1. The fourth-order valence-corrected chi connectivity index (χ4v) is 3.11. The van der Waals surface area contributed by atoms with Gasteiger partial charge >= 0.3 is 5.97 Å². The van der Waals surface area contributed by atoms with Gasteiger partial charge in [0.15, 0.2) is 5.69 Å². The first kappa shape index (κ1) is 19.7. The van der Waals surface area contributed by atoms with E-state index in [1.807, 2.05) is 13.8 Å². The summed E-state index contributed by atoms with van der Waals surface area (Å²) in [5.74, 6) is 0.368. The van der Waals surface area contributed by atoms with Gasteiger partial charge in [-0.15, -0.1) is 11.3 Å². The number of carbonyl (C=O) groups excluding carboxylic acids is 2. The summed E-state index contributed by atoms with van der Waals surface area (Å²) in [5.41, 5.74) is 0.678. The van der Waals surface area contributed by atoms with Gasteiger partial charge in [0.25, 0.3) is 5.91 Å². The molecule has 0 saturated heterocycles. The molecular weight excluding hydrogens is 356 g/mol. The van der Waals surface area contributed by atoms with Crippen molar-refractivity contribution in [3.63, 3.8) is 0 Å². The summed E-state index contributed by atoms with van der Waals surface area (Å²) in [6.45, 7) is 4.12. The smallest absolute Gasteiger partial charge is 0.357 e. The quantitative estimate of drug-likeness (QED) is 0.689. The number of aromatic nitrogens is 1. The highest BCUT2D eigenvalue weighted by Gasteiger charge is 2.24. The maximum atomic E-state index is 13.1. The van der Waals surface area contributed by atoms with Crippen LogP contribution in [0.15, 0.2) is 23.6 Å². The van der Waals surface area contributed by atoms with E-state index >= 15 is 0 Å². The Morgan fingerprint density at radius 1 is 1.19 bits per heavy atom. The van der Waals surface area contributed by atoms with E-state index in [2.05, 4.69) is 9.72 Å². The van der Waals surface area contributed by atoms with Crippen LogP contribution in [0.4, 0.5) is 0 Å². The number of amides is 1. The van der Waals surface area contributed by atoms with Crippen LogP contribution in [-0.2, 0) is 11.3 Å². The zero-order valence-electron chi connectivity index (χ0n) is 15.4. The molecule has 7 nitrogen and oxygen atoms in total. The number of hydrogen-bond donors (Lipinski definition) is 0. The molecule has 0 radical (unpaired) electrons. The van der Waals surface area contributed by atoms with E-state index in [9.17, 15) is 9.59 Å². The molecule has 1 aromatic heterocycles. The van der Waals surface area contributed by atoms with Gasteiger partial charge in [0.05, 0.1) is 33.4 Å². The van der Waals surface area contributed by atoms with Gasteiger partial charge in [-0.3, -0.25) is 4.79 Å². The molecule has 0 aliphatic rings. The summed E-state index contributed by atoms with van der Waals surface area (Å²) in [6.07, 6.45) is 0. The normalized spacial score (nSPS) is 10.5.